The average Bonchev–Trinajstić information content (AvgIpc) is 3.12. The lowest BCUT2D eigenvalue weighted by molar-refractivity contribution is -0.127. The van der Waals surface area contributed by atoms with Crippen LogP contribution >= 0.6 is 23.4 Å². The van der Waals surface area contributed by atoms with Crippen LogP contribution in [0.15, 0.2) is 71.6 Å². The molecule has 0 aromatic heterocycles. The summed E-state index contributed by atoms with van der Waals surface area (Å²) in [7, 11) is 1.47. The molecule has 184 valence electrons. The molecule has 36 heavy (non-hydrogen) atoms. The molecule has 0 atom stereocenters. The van der Waals surface area contributed by atoms with Gasteiger partial charge in [-0.2, -0.15) is 0 Å². The zero-order chi connectivity index (χ0) is 25.7. The molecule has 1 aliphatic heterocycles. The number of hydrogen-bond acceptors (Lipinski definition) is 6. The average molecular weight is 527 g/mol. The van der Waals surface area contributed by atoms with Crippen LogP contribution in [0, 0.1) is 5.82 Å². The number of imide groups is 1. The number of amides is 3. The SMILES string of the molecule is COc1cc(/C=C2\SC(=O)N(CC(=O)Nc3ccc(F)cc3)C2=O)cc(Cl)c1OCc1ccccc1. The third kappa shape index (κ3) is 6.05. The number of carbonyl (C=O) groups is 3. The number of nitrogens with one attached hydrogen (secondary N) is 1. The molecule has 0 saturated carbocycles. The summed E-state index contributed by atoms with van der Waals surface area (Å²) in [5, 5.41) is 2.22. The fourth-order valence-corrected chi connectivity index (χ4v) is 4.47. The van der Waals surface area contributed by atoms with Gasteiger partial charge in [-0.25, -0.2) is 4.39 Å². The molecular weight excluding hydrogens is 507 g/mol. The van der Waals surface area contributed by atoms with Gasteiger partial charge in [0.2, 0.25) is 5.91 Å². The first kappa shape index (κ1) is 25.3. The van der Waals surface area contributed by atoms with E-state index >= 15 is 0 Å². The van der Waals surface area contributed by atoms with Crippen LogP contribution in [-0.4, -0.2) is 35.6 Å². The van der Waals surface area contributed by atoms with E-state index in [9.17, 15) is 18.8 Å². The number of thioether (sulfide) groups is 1. The molecule has 3 amide bonds. The summed E-state index contributed by atoms with van der Waals surface area (Å²) in [5.74, 6) is -0.932. The fourth-order valence-electron chi connectivity index (χ4n) is 3.36. The van der Waals surface area contributed by atoms with Crippen LogP contribution in [0.5, 0.6) is 11.5 Å². The summed E-state index contributed by atoms with van der Waals surface area (Å²) in [6.07, 6.45) is 1.50. The van der Waals surface area contributed by atoms with Crippen molar-refractivity contribution in [2.24, 2.45) is 0 Å². The van der Waals surface area contributed by atoms with E-state index in [1.54, 1.807) is 12.1 Å². The smallest absolute Gasteiger partial charge is 0.294 e. The topological polar surface area (TPSA) is 84.9 Å². The van der Waals surface area contributed by atoms with Gasteiger partial charge in [0.15, 0.2) is 11.5 Å². The van der Waals surface area contributed by atoms with Crippen LogP contribution < -0.4 is 14.8 Å². The maximum absolute atomic E-state index is 13.0. The molecule has 1 aliphatic rings. The number of hydrogen-bond donors (Lipinski definition) is 1. The van der Waals surface area contributed by atoms with Crippen molar-refractivity contribution < 1.29 is 28.2 Å². The fraction of sp³-hybridized carbons (Fsp3) is 0.115. The molecule has 1 saturated heterocycles. The Morgan fingerprint density at radius 3 is 2.53 bits per heavy atom. The molecule has 10 heteroatoms. The van der Waals surface area contributed by atoms with Crippen molar-refractivity contribution in [2.45, 2.75) is 6.61 Å². The summed E-state index contributed by atoms with van der Waals surface area (Å²) in [5.41, 5.74) is 1.82. The second-order valence-corrected chi connectivity index (χ2v) is 9.03. The summed E-state index contributed by atoms with van der Waals surface area (Å²) < 4.78 is 24.3. The normalized spacial score (nSPS) is 14.3. The Labute approximate surface area is 215 Å². The lowest BCUT2D eigenvalue weighted by atomic mass is 10.1. The second-order valence-electron chi connectivity index (χ2n) is 7.63. The van der Waals surface area contributed by atoms with E-state index < -0.39 is 29.4 Å². The molecule has 1 N–H and O–H groups in total. The second kappa shape index (κ2) is 11.3. The standard InChI is InChI=1S/C26H20ClFN2O5S/c1-34-21-12-17(11-20(27)24(21)35-15-16-5-3-2-4-6-16)13-22-25(32)30(26(33)36-22)14-23(31)29-19-9-7-18(28)8-10-19/h2-13H,14-15H2,1H3,(H,29,31)/b22-13-. The minimum atomic E-state index is -0.612. The van der Waals surface area contributed by atoms with Crippen LogP contribution in [0.4, 0.5) is 14.9 Å². The Kier molecular flexibility index (Phi) is 7.92. The lowest BCUT2D eigenvalue weighted by Gasteiger charge is -2.14. The zero-order valence-corrected chi connectivity index (χ0v) is 20.6. The third-order valence-electron chi connectivity index (χ3n) is 5.08. The Morgan fingerprint density at radius 1 is 1.11 bits per heavy atom. The molecule has 0 radical (unpaired) electrons. The van der Waals surface area contributed by atoms with Crippen LogP contribution in [0.3, 0.4) is 0 Å². The Hall–Kier alpha value is -3.82. The van der Waals surface area contributed by atoms with Crippen LogP contribution in [0.25, 0.3) is 6.08 Å². The number of nitrogens with zero attached hydrogens (tertiary/aromatic N) is 1. The van der Waals surface area contributed by atoms with Gasteiger partial charge in [-0.15, -0.1) is 0 Å². The van der Waals surface area contributed by atoms with Gasteiger partial charge in [0, 0.05) is 5.69 Å². The zero-order valence-electron chi connectivity index (χ0n) is 19.0. The van der Waals surface area contributed by atoms with E-state index in [0.29, 0.717) is 34.5 Å². The number of rotatable bonds is 8. The molecule has 4 rings (SSSR count). The number of benzene rings is 3. The van der Waals surface area contributed by atoms with E-state index in [0.717, 1.165) is 10.5 Å². The van der Waals surface area contributed by atoms with Crippen molar-refractivity contribution in [1.29, 1.82) is 0 Å². The van der Waals surface area contributed by atoms with Crippen LogP contribution in [0.1, 0.15) is 11.1 Å². The van der Waals surface area contributed by atoms with Gasteiger partial charge in [-0.05, 0) is 65.4 Å². The highest BCUT2D eigenvalue weighted by atomic mass is 35.5. The van der Waals surface area contributed by atoms with E-state index in [2.05, 4.69) is 5.32 Å². The molecule has 1 heterocycles. The largest absolute Gasteiger partial charge is 0.493 e. The minimum Gasteiger partial charge on any atom is -0.493 e. The first-order valence-corrected chi connectivity index (χ1v) is 11.9. The molecule has 3 aromatic rings. The highest BCUT2D eigenvalue weighted by Gasteiger charge is 2.36. The van der Waals surface area contributed by atoms with E-state index in [-0.39, 0.29) is 16.5 Å². The van der Waals surface area contributed by atoms with Crippen molar-refractivity contribution in [2.75, 3.05) is 19.0 Å². The summed E-state index contributed by atoms with van der Waals surface area (Å²) in [6.45, 7) is -0.190. The van der Waals surface area contributed by atoms with E-state index in [1.807, 2.05) is 30.3 Å². The Morgan fingerprint density at radius 2 is 1.83 bits per heavy atom. The number of ether oxygens (including phenoxy) is 2. The summed E-state index contributed by atoms with van der Waals surface area (Å²) in [6, 6.07) is 17.9. The molecular formula is C26H20ClFN2O5S. The maximum atomic E-state index is 13.0. The maximum Gasteiger partial charge on any atom is 0.294 e. The number of anilines is 1. The summed E-state index contributed by atoms with van der Waals surface area (Å²) >= 11 is 7.15. The Balaban J connectivity index is 1.46. The number of methoxy groups -OCH3 is 1. The molecule has 0 spiro atoms. The molecule has 0 aliphatic carbocycles. The van der Waals surface area contributed by atoms with Gasteiger partial charge in [-0.1, -0.05) is 41.9 Å². The molecule has 7 nitrogen and oxygen atoms in total. The monoisotopic (exact) mass is 526 g/mol. The molecule has 0 bridgehead atoms. The first-order valence-electron chi connectivity index (χ1n) is 10.7. The van der Waals surface area contributed by atoms with Gasteiger partial charge in [0.25, 0.3) is 11.1 Å². The number of halogens is 2. The number of carbonyl (C=O) groups excluding carboxylic acids is 3. The third-order valence-corrected chi connectivity index (χ3v) is 6.27. The van der Waals surface area contributed by atoms with Crippen molar-refractivity contribution in [3.63, 3.8) is 0 Å². The van der Waals surface area contributed by atoms with Gasteiger partial charge in [-0.3, -0.25) is 19.3 Å². The van der Waals surface area contributed by atoms with Crippen molar-refractivity contribution in [3.05, 3.63) is 93.6 Å². The van der Waals surface area contributed by atoms with Crippen molar-refractivity contribution in [3.8, 4) is 11.5 Å². The van der Waals surface area contributed by atoms with Crippen molar-refractivity contribution >= 4 is 52.2 Å². The quantitative estimate of drug-likeness (QED) is 0.377. The van der Waals surface area contributed by atoms with Crippen LogP contribution in [0.2, 0.25) is 5.02 Å². The van der Waals surface area contributed by atoms with Crippen LogP contribution in [-0.2, 0) is 16.2 Å². The van der Waals surface area contributed by atoms with Gasteiger partial charge < -0.3 is 14.8 Å². The lowest BCUT2D eigenvalue weighted by Crippen LogP contribution is -2.36. The highest BCUT2D eigenvalue weighted by Crippen LogP contribution is 2.39. The van der Waals surface area contributed by atoms with Gasteiger partial charge >= 0.3 is 0 Å². The van der Waals surface area contributed by atoms with Gasteiger partial charge in [0.1, 0.15) is 19.0 Å². The van der Waals surface area contributed by atoms with Crippen molar-refractivity contribution in [1.82, 2.24) is 4.90 Å². The first-order chi connectivity index (χ1) is 17.3. The van der Waals surface area contributed by atoms with Gasteiger partial charge in [0.05, 0.1) is 17.0 Å². The van der Waals surface area contributed by atoms with E-state index in [1.165, 1.54) is 37.5 Å². The predicted molar refractivity (Wildman–Crippen MR) is 136 cm³/mol. The highest BCUT2D eigenvalue weighted by molar-refractivity contribution is 8.18. The predicted octanol–water partition coefficient (Wildman–Crippen LogP) is 5.74. The molecule has 1 fully saturated rings. The summed E-state index contributed by atoms with van der Waals surface area (Å²) in [4.78, 5) is 38.5. The minimum absolute atomic E-state index is 0.130. The Bertz CT molecular complexity index is 1330. The van der Waals surface area contributed by atoms with E-state index in [4.69, 9.17) is 21.1 Å². The molecule has 3 aromatic carbocycles. The molecule has 0 unspecified atom stereocenters.